The van der Waals surface area contributed by atoms with Crippen molar-refractivity contribution in [2.24, 2.45) is 0 Å². The van der Waals surface area contributed by atoms with Gasteiger partial charge in [0.25, 0.3) is 0 Å². The van der Waals surface area contributed by atoms with Gasteiger partial charge >= 0.3 is 0 Å². The maximum atomic E-state index is 13.0. The molecule has 2 aromatic rings. The van der Waals surface area contributed by atoms with Gasteiger partial charge in [-0.05, 0) is 36.1 Å². The van der Waals surface area contributed by atoms with E-state index in [0.717, 1.165) is 24.1 Å². The molecule has 0 amide bonds. The van der Waals surface area contributed by atoms with Crippen LogP contribution in [-0.2, 0) is 0 Å². The van der Waals surface area contributed by atoms with Crippen LogP contribution in [-0.4, -0.2) is 11.9 Å². The minimum Gasteiger partial charge on any atom is -0.493 e. The molecule has 104 valence electrons. The molecule has 2 aromatic carbocycles. The molecule has 1 aliphatic rings. The van der Waals surface area contributed by atoms with Crippen molar-refractivity contribution in [2.45, 2.75) is 18.3 Å². The lowest BCUT2D eigenvalue weighted by molar-refractivity contribution is 0.320. The van der Waals surface area contributed by atoms with Gasteiger partial charge in [0.1, 0.15) is 11.6 Å². The van der Waals surface area contributed by atoms with E-state index in [-0.39, 0.29) is 5.82 Å². The molecule has 0 saturated carbocycles. The summed E-state index contributed by atoms with van der Waals surface area (Å²) in [5, 5.41) is 0.872. The van der Waals surface area contributed by atoms with Gasteiger partial charge in [-0.1, -0.05) is 46.3 Å². The Morgan fingerprint density at radius 2 is 1.90 bits per heavy atom. The Kier molecular flexibility index (Phi) is 4.06. The monoisotopic (exact) mass is 334 g/mol. The van der Waals surface area contributed by atoms with Crippen LogP contribution >= 0.6 is 15.9 Å². The largest absolute Gasteiger partial charge is 0.493 e. The molecule has 1 heterocycles. The summed E-state index contributed by atoms with van der Waals surface area (Å²) in [6.45, 7) is 0.740. The van der Waals surface area contributed by atoms with Crippen LogP contribution in [0, 0.1) is 5.82 Å². The molecular formula is C17H16BrFO. The fraction of sp³-hybridized carbons (Fsp3) is 0.294. The Morgan fingerprint density at radius 1 is 1.15 bits per heavy atom. The Balaban J connectivity index is 1.78. The Hall–Kier alpha value is -1.35. The minimum absolute atomic E-state index is 0.184. The number of hydrogen-bond donors (Lipinski definition) is 0. The fourth-order valence-corrected chi connectivity index (χ4v) is 3.43. The third kappa shape index (κ3) is 2.73. The average molecular weight is 335 g/mol. The summed E-state index contributed by atoms with van der Waals surface area (Å²) >= 11 is 3.58. The first-order valence-corrected chi connectivity index (χ1v) is 7.93. The number of fused-ring (bicyclic) bond motifs is 1. The maximum absolute atomic E-state index is 13.0. The molecule has 0 fully saturated rings. The van der Waals surface area contributed by atoms with E-state index < -0.39 is 0 Å². The number of ether oxygens (including phenoxy) is 1. The molecule has 1 aliphatic heterocycles. The highest BCUT2D eigenvalue weighted by atomic mass is 79.9. The molecule has 1 nitrogen and oxygen atoms in total. The Labute approximate surface area is 126 Å². The van der Waals surface area contributed by atoms with Crippen molar-refractivity contribution in [3.05, 3.63) is 65.5 Å². The molecule has 0 aliphatic carbocycles. The lowest BCUT2D eigenvalue weighted by Gasteiger charge is -2.18. The van der Waals surface area contributed by atoms with E-state index in [0.29, 0.717) is 11.8 Å². The third-order valence-corrected chi connectivity index (χ3v) is 4.68. The second kappa shape index (κ2) is 5.96. The van der Waals surface area contributed by atoms with Gasteiger partial charge < -0.3 is 4.74 Å². The van der Waals surface area contributed by atoms with Crippen molar-refractivity contribution >= 4 is 15.9 Å². The number of halogens is 2. The SMILES string of the molecule is Fc1ccc(C(CBr)CC2COc3ccccc32)cc1. The van der Waals surface area contributed by atoms with E-state index in [2.05, 4.69) is 28.1 Å². The summed E-state index contributed by atoms with van der Waals surface area (Å²) in [7, 11) is 0. The highest BCUT2D eigenvalue weighted by Gasteiger charge is 2.26. The lowest BCUT2D eigenvalue weighted by Crippen LogP contribution is -2.09. The Bertz CT molecular complexity index is 582. The van der Waals surface area contributed by atoms with Crippen LogP contribution in [0.4, 0.5) is 4.39 Å². The number of alkyl halides is 1. The van der Waals surface area contributed by atoms with Crippen molar-refractivity contribution in [1.29, 1.82) is 0 Å². The smallest absolute Gasteiger partial charge is 0.123 e. The normalized spacial score (nSPS) is 18.4. The lowest BCUT2D eigenvalue weighted by atomic mass is 9.87. The summed E-state index contributed by atoms with van der Waals surface area (Å²) in [6.07, 6.45) is 1.01. The molecule has 20 heavy (non-hydrogen) atoms. The molecule has 3 rings (SSSR count). The van der Waals surface area contributed by atoms with Crippen LogP contribution in [0.2, 0.25) is 0 Å². The summed E-state index contributed by atoms with van der Waals surface area (Å²) in [5.74, 6) is 1.61. The molecule has 0 N–H and O–H groups in total. The first kappa shape index (κ1) is 13.6. The first-order valence-electron chi connectivity index (χ1n) is 6.81. The van der Waals surface area contributed by atoms with E-state index in [1.54, 1.807) is 0 Å². The van der Waals surface area contributed by atoms with Crippen molar-refractivity contribution < 1.29 is 9.13 Å². The first-order chi connectivity index (χ1) is 9.78. The van der Waals surface area contributed by atoms with Crippen LogP contribution in [0.1, 0.15) is 29.4 Å². The van der Waals surface area contributed by atoms with Crippen molar-refractivity contribution in [2.75, 3.05) is 11.9 Å². The minimum atomic E-state index is -0.184. The highest BCUT2D eigenvalue weighted by Crippen LogP contribution is 2.39. The molecule has 0 spiro atoms. The molecule has 0 radical (unpaired) electrons. The molecule has 0 bridgehead atoms. The van der Waals surface area contributed by atoms with Crippen LogP contribution in [0.15, 0.2) is 48.5 Å². The van der Waals surface area contributed by atoms with Gasteiger partial charge in [-0.15, -0.1) is 0 Å². The summed E-state index contributed by atoms with van der Waals surface area (Å²) in [4.78, 5) is 0. The van der Waals surface area contributed by atoms with E-state index >= 15 is 0 Å². The Morgan fingerprint density at radius 3 is 2.65 bits per heavy atom. The quantitative estimate of drug-likeness (QED) is 0.725. The maximum Gasteiger partial charge on any atom is 0.123 e. The standard InChI is InChI=1S/C17H16BrFO/c18-10-13(12-5-7-15(19)8-6-12)9-14-11-20-17-4-2-1-3-16(14)17/h1-8,13-14H,9-11H2. The van der Waals surface area contributed by atoms with Crippen molar-refractivity contribution in [3.63, 3.8) is 0 Å². The van der Waals surface area contributed by atoms with Gasteiger partial charge in [-0.25, -0.2) is 4.39 Å². The molecular weight excluding hydrogens is 319 g/mol. The number of rotatable bonds is 4. The molecule has 0 saturated heterocycles. The highest BCUT2D eigenvalue weighted by molar-refractivity contribution is 9.09. The van der Waals surface area contributed by atoms with Gasteiger partial charge in [0, 0.05) is 16.8 Å². The topological polar surface area (TPSA) is 9.23 Å². The molecule has 2 atom stereocenters. The zero-order valence-electron chi connectivity index (χ0n) is 11.1. The molecule has 2 unspecified atom stereocenters. The summed E-state index contributed by atoms with van der Waals surface area (Å²) in [6, 6.07) is 15.0. The van der Waals surface area contributed by atoms with Gasteiger partial charge in [0.05, 0.1) is 6.61 Å². The van der Waals surface area contributed by atoms with E-state index in [1.165, 1.54) is 23.3 Å². The van der Waals surface area contributed by atoms with Crippen molar-refractivity contribution in [3.8, 4) is 5.75 Å². The zero-order valence-corrected chi connectivity index (χ0v) is 12.6. The van der Waals surface area contributed by atoms with E-state index in [1.807, 2.05) is 24.3 Å². The van der Waals surface area contributed by atoms with Gasteiger partial charge in [-0.2, -0.15) is 0 Å². The third-order valence-electron chi connectivity index (χ3n) is 3.90. The number of hydrogen-bond acceptors (Lipinski definition) is 1. The fourth-order valence-electron chi connectivity index (χ4n) is 2.79. The number of benzene rings is 2. The van der Waals surface area contributed by atoms with Gasteiger partial charge in [-0.3, -0.25) is 0 Å². The van der Waals surface area contributed by atoms with Crippen LogP contribution < -0.4 is 4.74 Å². The predicted molar refractivity (Wildman–Crippen MR) is 82.2 cm³/mol. The van der Waals surface area contributed by atoms with Crippen molar-refractivity contribution in [1.82, 2.24) is 0 Å². The number of para-hydroxylation sites is 1. The summed E-state index contributed by atoms with van der Waals surface area (Å²) in [5.41, 5.74) is 2.47. The van der Waals surface area contributed by atoms with Crippen LogP contribution in [0.5, 0.6) is 5.75 Å². The predicted octanol–water partition coefficient (Wildman–Crippen LogP) is 4.87. The average Bonchev–Trinajstić information content (AvgIpc) is 2.89. The van der Waals surface area contributed by atoms with Gasteiger partial charge in [0.2, 0.25) is 0 Å². The van der Waals surface area contributed by atoms with Crippen LogP contribution in [0.25, 0.3) is 0 Å². The van der Waals surface area contributed by atoms with E-state index in [9.17, 15) is 4.39 Å². The molecule has 3 heteroatoms. The second-order valence-electron chi connectivity index (χ2n) is 5.18. The summed E-state index contributed by atoms with van der Waals surface area (Å²) < 4.78 is 18.8. The van der Waals surface area contributed by atoms with Crippen LogP contribution in [0.3, 0.4) is 0 Å². The van der Waals surface area contributed by atoms with Gasteiger partial charge in [0.15, 0.2) is 0 Å². The zero-order chi connectivity index (χ0) is 13.9. The van der Waals surface area contributed by atoms with E-state index in [4.69, 9.17) is 4.74 Å². The molecule has 0 aromatic heterocycles. The second-order valence-corrected chi connectivity index (χ2v) is 5.83.